The minimum absolute atomic E-state index is 0.271. The van der Waals surface area contributed by atoms with E-state index < -0.39 is 6.10 Å². The van der Waals surface area contributed by atoms with Gasteiger partial charge in [-0.3, -0.25) is 4.90 Å². The maximum Gasteiger partial charge on any atom is 0.161 e. The van der Waals surface area contributed by atoms with Gasteiger partial charge in [-0.15, -0.1) is 0 Å². The van der Waals surface area contributed by atoms with Gasteiger partial charge >= 0.3 is 0 Å². The highest BCUT2D eigenvalue weighted by atomic mass is 16.5. The van der Waals surface area contributed by atoms with E-state index in [1.807, 2.05) is 30.3 Å². The van der Waals surface area contributed by atoms with Gasteiger partial charge in [0.2, 0.25) is 0 Å². The molecule has 1 atom stereocenters. The molecule has 2 aromatic rings. The Kier molecular flexibility index (Phi) is 8.47. The molecule has 0 radical (unpaired) electrons. The van der Waals surface area contributed by atoms with E-state index in [0.29, 0.717) is 24.7 Å². The second kappa shape index (κ2) is 10.9. The Morgan fingerprint density at radius 2 is 1.96 bits per heavy atom. The number of rotatable bonds is 12. The lowest BCUT2D eigenvalue weighted by Crippen LogP contribution is -2.35. The summed E-state index contributed by atoms with van der Waals surface area (Å²) in [6.07, 6.45) is 2.06. The number of methoxy groups -OCH3 is 2. The van der Waals surface area contributed by atoms with Crippen LogP contribution in [0.25, 0.3) is 0 Å². The Labute approximate surface area is 155 Å². The number of ether oxygens (including phenoxy) is 3. The minimum Gasteiger partial charge on any atom is -0.493 e. The Hall–Kier alpha value is -2.02. The molecule has 1 heterocycles. The van der Waals surface area contributed by atoms with Crippen LogP contribution in [0.2, 0.25) is 0 Å². The first-order valence-corrected chi connectivity index (χ1v) is 8.87. The number of furan rings is 1. The van der Waals surface area contributed by atoms with E-state index in [2.05, 4.69) is 11.8 Å². The maximum absolute atomic E-state index is 10.3. The molecular weight excluding hydrogens is 334 g/mol. The van der Waals surface area contributed by atoms with Gasteiger partial charge in [-0.2, -0.15) is 0 Å². The van der Waals surface area contributed by atoms with Gasteiger partial charge in [0.15, 0.2) is 11.5 Å². The van der Waals surface area contributed by atoms with Gasteiger partial charge < -0.3 is 23.7 Å². The summed E-state index contributed by atoms with van der Waals surface area (Å²) in [7, 11) is 3.26. The normalized spacial score (nSPS) is 12.3. The predicted octanol–water partition coefficient (Wildman–Crippen LogP) is 3.09. The molecule has 0 aliphatic rings. The van der Waals surface area contributed by atoms with Gasteiger partial charge in [-0.25, -0.2) is 0 Å². The fourth-order valence-electron chi connectivity index (χ4n) is 2.83. The third kappa shape index (κ3) is 6.37. The Balaban J connectivity index is 1.86. The number of benzene rings is 1. The van der Waals surface area contributed by atoms with Crippen molar-refractivity contribution < 1.29 is 23.7 Å². The van der Waals surface area contributed by atoms with Crippen LogP contribution in [0, 0.1) is 0 Å². The first kappa shape index (κ1) is 20.3. The highest BCUT2D eigenvalue weighted by Crippen LogP contribution is 2.28. The van der Waals surface area contributed by atoms with Crippen LogP contribution in [-0.2, 0) is 17.9 Å². The van der Waals surface area contributed by atoms with E-state index in [9.17, 15) is 5.11 Å². The molecule has 0 aliphatic carbocycles. The summed E-state index contributed by atoms with van der Waals surface area (Å²) in [5.74, 6) is 2.18. The van der Waals surface area contributed by atoms with Crippen LogP contribution in [0.15, 0.2) is 41.0 Å². The van der Waals surface area contributed by atoms with Crippen molar-refractivity contribution in [3.8, 4) is 11.5 Å². The minimum atomic E-state index is -0.559. The molecule has 1 N–H and O–H groups in total. The third-order valence-corrected chi connectivity index (χ3v) is 4.00. The topological polar surface area (TPSA) is 64.3 Å². The molecule has 2 rings (SSSR count). The second-order valence-electron chi connectivity index (χ2n) is 6.17. The molecule has 0 bridgehead atoms. The number of hydrogen-bond acceptors (Lipinski definition) is 6. The number of hydrogen-bond donors (Lipinski definition) is 1. The first-order chi connectivity index (χ1) is 12.7. The lowest BCUT2D eigenvalue weighted by molar-refractivity contribution is 0.00386. The summed E-state index contributed by atoms with van der Waals surface area (Å²) in [6.45, 7) is 4.93. The van der Waals surface area contributed by atoms with E-state index in [4.69, 9.17) is 18.6 Å². The Bertz CT molecular complexity index is 629. The quantitative estimate of drug-likeness (QED) is 0.625. The van der Waals surface area contributed by atoms with Crippen LogP contribution in [0.3, 0.4) is 0 Å². The summed E-state index contributed by atoms with van der Waals surface area (Å²) in [4.78, 5) is 2.21. The van der Waals surface area contributed by atoms with Crippen molar-refractivity contribution in [2.24, 2.45) is 0 Å². The maximum atomic E-state index is 10.3. The van der Waals surface area contributed by atoms with Crippen molar-refractivity contribution >= 4 is 0 Å². The van der Waals surface area contributed by atoms with Crippen molar-refractivity contribution in [3.63, 3.8) is 0 Å². The predicted molar refractivity (Wildman–Crippen MR) is 99.5 cm³/mol. The van der Waals surface area contributed by atoms with Crippen LogP contribution in [0.5, 0.6) is 11.5 Å². The molecule has 0 spiro atoms. The number of aliphatic hydroxyl groups excluding tert-OH is 1. The molecule has 1 aromatic carbocycles. The van der Waals surface area contributed by atoms with Gasteiger partial charge in [0, 0.05) is 13.1 Å². The standard InChI is InChI=1S/C20H29NO5/c1-4-9-21(12-16-7-8-19(23-2)20(11-16)24-3)13-17(22)14-25-15-18-6-5-10-26-18/h5-8,10-11,17,22H,4,9,12-15H2,1-3H3/t17-/m1/s1. The van der Waals surface area contributed by atoms with Crippen molar-refractivity contribution in [2.45, 2.75) is 32.6 Å². The smallest absolute Gasteiger partial charge is 0.161 e. The molecule has 6 nitrogen and oxygen atoms in total. The molecule has 6 heteroatoms. The average Bonchev–Trinajstić information content (AvgIpc) is 3.15. The zero-order valence-electron chi connectivity index (χ0n) is 15.8. The SMILES string of the molecule is CCCN(Cc1ccc(OC)c(OC)c1)C[C@@H](O)COCc1ccco1. The Morgan fingerprint density at radius 3 is 2.62 bits per heavy atom. The van der Waals surface area contributed by atoms with Gasteiger partial charge in [0.05, 0.1) is 33.2 Å². The van der Waals surface area contributed by atoms with E-state index in [1.165, 1.54) is 0 Å². The van der Waals surface area contributed by atoms with Crippen LogP contribution in [0.4, 0.5) is 0 Å². The first-order valence-electron chi connectivity index (χ1n) is 8.87. The molecule has 0 fully saturated rings. The third-order valence-electron chi connectivity index (χ3n) is 4.00. The van der Waals surface area contributed by atoms with Crippen molar-refractivity contribution in [1.29, 1.82) is 0 Å². The van der Waals surface area contributed by atoms with E-state index in [1.54, 1.807) is 20.5 Å². The summed E-state index contributed by atoms with van der Waals surface area (Å²) >= 11 is 0. The molecule has 0 saturated heterocycles. The van der Waals surface area contributed by atoms with Gasteiger partial charge in [0.25, 0.3) is 0 Å². The molecule has 1 aromatic heterocycles. The fraction of sp³-hybridized carbons (Fsp3) is 0.500. The van der Waals surface area contributed by atoms with Crippen molar-refractivity contribution in [1.82, 2.24) is 4.90 Å². The van der Waals surface area contributed by atoms with Crippen LogP contribution in [0.1, 0.15) is 24.7 Å². The molecule has 0 amide bonds. The molecule has 0 saturated carbocycles. The lowest BCUT2D eigenvalue weighted by Gasteiger charge is -2.25. The summed E-state index contributed by atoms with van der Waals surface area (Å²) in [6, 6.07) is 9.57. The summed E-state index contributed by atoms with van der Waals surface area (Å²) < 4.78 is 21.4. The van der Waals surface area contributed by atoms with Crippen LogP contribution >= 0.6 is 0 Å². The molecular formula is C20H29NO5. The zero-order valence-corrected chi connectivity index (χ0v) is 15.8. The molecule has 0 aliphatic heterocycles. The lowest BCUT2D eigenvalue weighted by atomic mass is 10.1. The second-order valence-corrected chi connectivity index (χ2v) is 6.17. The van der Waals surface area contributed by atoms with E-state index in [0.717, 1.165) is 30.8 Å². The van der Waals surface area contributed by atoms with E-state index in [-0.39, 0.29) is 6.61 Å². The number of aliphatic hydroxyl groups is 1. The largest absolute Gasteiger partial charge is 0.493 e. The molecule has 144 valence electrons. The average molecular weight is 363 g/mol. The van der Waals surface area contributed by atoms with Crippen molar-refractivity contribution in [3.05, 3.63) is 47.9 Å². The highest BCUT2D eigenvalue weighted by Gasteiger charge is 2.14. The summed E-state index contributed by atoms with van der Waals surface area (Å²) in [5.41, 5.74) is 1.11. The zero-order chi connectivity index (χ0) is 18.8. The van der Waals surface area contributed by atoms with Gasteiger partial charge in [0.1, 0.15) is 12.4 Å². The molecule has 26 heavy (non-hydrogen) atoms. The fourth-order valence-corrected chi connectivity index (χ4v) is 2.83. The highest BCUT2D eigenvalue weighted by molar-refractivity contribution is 5.42. The van der Waals surface area contributed by atoms with Crippen LogP contribution < -0.4 is 9.47 Å². The summed E-state index contributed by atoms with van der Waals surface area (Å²) in [5, 5.41) is 10.3. The van der Waals surface area contributed by atoms with Gasteiger partial charge in [-0.05, 0) is 42.8 Å². The van der Waals surface area contributed by atoms with Crippen LogP contribution in [-0.4, -0.2) is 50.0 Å². The monoisotopic (exact) mass is 363 g/mol. The van der Waals surface area contributed by atoms with Crippen molar-refractivity contribution in [2.75, 3.05) is 33.9 Å². The Morgan fingerprint density at radius 1 is 1.15 bits per heavy atom. The molecule has 0 unspecified atom stereocenters. The number of nitrogens with zero attached hydrogens (tertiary/aromatic N) is 1. The van der Waals surface area contributed by atoms with Gasteiger partial charge in [-0.1, -0.05) is 13.0 Å². The van der Waals surface area contributed by atoms with E-state index >= 15 is 0 Å².